The van der Waals surface area contributed by atoms with Gasteiger partial charge in [0.1, 0.15) is 0 Å². The SMILES string of the molecule is Nc1cccc2c1[nH]c1c(-c3ccccc3)cccc1c1ccccc1c1ccccc21. The average molecular weight is 411 g/mol. The summed E-state index contributed by atoms with van der Waals surface area (Å²) in [6, 6.07) is 40.4. The van der Waals surface area contributed by atoms with Crippen LogP contribution in [0.4, 0.5) is 5.69 Å². The Balaban J connectivity index is 2.01. The van der Waals surface area contributed by atoms with Crippen molar-refractivity contribution in [1.29, 1.82) is 0 Å². The summed E-state index contributed by atoms with van der Waals surface area (Å²) in [6.07, 6.45) is 0. The second kappa shape index (κ2) is 7.44. The molecule has 0 saturated carbocycles. The highest BCUT2D eigenvalue weighted by molar-refractivity contribution is 6.21. The third-order valence-corrected chi connectivity index (χ3v) is 6.22. The number of benzene rings is 5. The Labute approximate surface area is 186 Å². The molecule has 5 aromatic carbocycles. The number of aromatic nitrogens is 1. The van der Waals surface area contributed by atoms with Crippen LogP contribution in [0.15, 0.2) is 115 Å². The molecule has 0 radical (unpaired) electrons. The van der Waals surface area contributed by atoms with Crippen LogP contribution in [0.1, 0.15) is 0 Å². The smallest absolute Gasteiger partial charge is 0.0698 e. The molecule has 32 heavy (non-hydrogen) atoms. The second-order valence-electron chi connectivity index (χ2n) is 8.08. The molecule has 3 N–H and O–H groups in total. The van der Waals surface area contributed by atoms with E-state index in [1.54, 1.807) is 0 Å². The summed E-state index contributed by atoms with van der Waals surface area (Å²) < 4.78 is 0. The van der Waals surface area contributed by atoms with Crippen LogP contribution in [0.3, 0.4) is 0 Å². The Morgan fingerprint density at radius 2 is 0.875 bits per heavy atom. The summed E-state index contributed by atoms with van der Waals surface area (Å²) in [4.78, 5) is 3.78. The molecular formula is C30H22N2. The number of para-hydroxylation sites is 2. The Hall–Kier alpha value is -4.30. The van der Waals surface area contributed by atoms with Gasteiger partial charge in [-0.2, -0.15) is 0 Å². The van der Waals surface area contributed by atoms with Crippen molar-refractivity contribution in [2.24, 2.45) is 0 Å². The average Bonchev–Trinajstić information content (AvgIpc) is 2.90. The minimum Gasteiger partial charge on any atom is -0.397 e. The normalized spacial score (nSPS) is 11.2. The molecular weight excluding hydrogens is 388 g/mol. The summed E-state index contributed by atoms with van der Waals surface area (Å²) in [5.41, 5.74) is 11.6. The molecule has 6 aromatic rings. The van der Waals surface area contributed by atoms with Crippen molar-refractivity contribution in [3.05, 3.63) is 115 Å². The molecule has 0 atom stereocenters. The number of H-pyrrole nitrogens is 1. The number of rotatable bonds is 1. The van der Waals surface area contributed by atoms with Gasteiger partial charge in [0.25, 0.3) is 0 Å². The van der Waals surface area contributed by atoms with Crippen LogP contribution in [0, 0.1) is 0 Å². The molecule has 6 rings (SSSR count). The van der Waals surface area contributed by atoms with Crippen molar-refractivity contribution in [1.82, 2.24) is 4.98 Å². The van der Waals surface area contributed by atoms with Crippen molar-refractivity contribution in [2.45, 2.75) is 0 Å². The number of fused-ring (bicyclic) bond motifs is 7. The van der Waals surface area contributed by atoms with E-state index in [0.717, 1.165) is 33.1 Å². The van der Waals surface area contributed by atoms with Crippen LogP contribution >= 0.6 is 0 Å². The maximum atomic E-state index is 6.56. The van der Waals surface area contributed by atoms with E-state index in [1.165, 1.54) is 27.1 Å². The number of anilines is 1. The van der Waals surface area contributed by atoms with Crippen molar-refractivity contribution >= 4 is 49.0 Å². The second-order valence-corrected chi connectivity index (χ2v) is 8.08. The fraction of sp³-hybridized carbons (Fsp3) is 0. The van der Waals surface area contributed by atoms with E-state index in [4.69, 9.17) is 5.73 Å². The summed E-state index contributed by atoms with van der Waals surface area (Å²) in [6.45, 7) is 0. The first kappa shape index (κ1) is 18.5. The van der Waals surface area contributed by atoms with Gasteiger partial charge in [0, 0.05) is 16.3 Å². The van der Waals surface area contributed by atoms with Gasteiger partial charge >= 0.3 is 0 Å². The number of nitrogens with one attached hydrogen (secondary N) is 1. The number of aromatic amines is 1. The molecule has 0 spiro atoms. The fourth-order valence-electron chi connectivity index (χ4n) is 4.73. The predicted octanol–water partition coefficient (Wildman–Crippen LogP) is 8.00. The van der Waals surface area contributed by atoms with Crippen LogP contribution in [-0.4, -0.2) is 4.98 Å². The lowest BCUT2D eigenvalue weighted by Gasteiger charge is -2.08. The molecule has 0 aliphatic heterocycles. The van der Waals surface area contributed by atoms with E-state index in [2.05, 4.69) is 102 Å². The molecule has 0 bridgehead atoms. The van der Waals surface area contributed by atoms with Gasteiger partial charge in [0.2, 0.25) is 0 Å². The van der Waals surface area contributed by atoms with Crippen LogP contribution in [0.2, 0.25) is 0 Å². The fourth-order valence-corrected chi connectivity index (χ4v) is 4.73. The summed E-state index contributed by atoms with van der Waals surface area (Å²) in [5.74, 6) is 0. The summed E-state index contributed by atoms with van der Waals surface area (Å²) >= 11 is 0. The van der Waals surface area contributed by atoms with Crippen LogP contribution < -0.4 is 5.73 Å². The lowest BCUT2D eigenvalue weighted by molar-refractivity contribution is 1.51. The molecule has 0 amide bonds. The monoisotopic (exact) mass is 410 g/mol. The van der Waals surface area contributed by atoms with Crippen molar-refractivity contribution in [2.75, 3.05) is 5.73 Å². The minimum atomic E-state index is 0.733. The van der Waals surface area contributed by atoms with Gasteiger partial charge < -0.3 is 10.7 Å². The van der Waals surface area contributed by atoms with Crippen LogP contribution in [0.25, 0.3) is 54.5 Å². The molecule has 152 valence electrons. The van der Waals surface area contributed by atoms with Gasteiger partial charge in [0.15, 0.2) is 0 Å². The zero-order chi connectivity index (χ0) is 21.5. The van der Waals surface area contributed by atoms with E-state index in [-0.39, 0.29) is 0 Å². The largest absolute Gasteiger partial charge is 0.397 e. The van der Waals surface area contributed by atoms with Gasteiger partial charge in [-0.1, -0.05) is 109 Å². The van der Waals surface area contributed by atoms with Gasteiger partial charge in [-0.05, 0) is 33.2 Å². The van der Waals surface area contributed by atoms with Crippen molar-refractivity contribution in [3.8, 4) is 11.1 Å². The predicted molar refractivity (Wildman–Crippen MR) is 138 cm³/mol. The maximum Gasteiger partial charge on any atom is 0.0698 e. The van der Waals surface area contributed by atoms with Gasteiger partial charge in [-0.25, -0.2) is 0 Å². The van der Waals surface area contributed by atoms with E-state index < -0.39 is 0 Å². The summed E-state index contributed by atoms with van der Waals surface area (Å²) in [5, 5.41) is 7.05. The topological polar surface area (TPSA) is 41.8 Å². The molecule has 0 fully saturated rings. The molecule has 1 heterocycles. The van der Waals surface area contributed by atoms with Gasteiger partial charge in [-0.15, -0.1) is 0 Å². The van der Waals surface area contributed by atoms with Crippen LogP contribution in [0.5, 0.6) is 0 Å². The summed E-state index contributed by atoms with van der Waals surface area (Å²) in [7, 11) is 0. The first-order valence-electron chi connectivity index (χ1n) is 10.8. The molecule has 1 aromatic heterocycles. The maximum absolute atomic E-state index is 6.56. The number of nitrogens with two attached hydrogens (primary N) is 1. The highest BCUT2D eigenvalue weighted by Gasteiger charge is 2.09. The first-order valence-corrected chi connectivity index (χ1v) is 10.8. The van der Waals surface area contributed by atoms with Crippen molar-refractivity contribution in [3.63, 3.8) is 0 Å². The first-order chi connectivity index (χ1) is 15.8. The number of nitrogen functional groups attached to an aromatic ring is 1. The molecule has 0 aliphatic rings. The third kappa shape index (κ3) is 2.89. The molecule has 0 aliphatic carbocycles. The molecule has 0 unspecified atom stereocenters. The lowest BCUT2D eigenvalue weighted by atomic mass is 9.98. The quantitative estimate of drug-likeness (QED) is 0.265. The Morgan fingerprint density at radius 3 is 1.50 bits per heavy atom. The molecule has 2 nitrogen and oxygen atoms in total. The van der Waals surface area contributed by atoms with E-state index >= 15 is 0 Å². The molecule has 0 saturated heterocycles. The van der Waals surface area contributed by atoms with Gasteiger partial charge in [0.05, 0.1) is 16.7 Å². The van der Waals surface area contributed by atoms with E-state index in [9.17, 15) is 0 Å². The zero-order valence-electron chi connectivity index (χ0n) is 17.5. The number of hydrogen-bond donors (Lipinski definition) is 2. The van der Waals surface area contributed by atoms with E-state index in [1.807, 2.05) is 18.2 Å². The van der Waals surface area contributed by atoms with E-state index in [0.29, 0.717) is 0 Å². The third-order valence-electron chi connectivity index (χ3n) is 6.22. The molecule has 2 heteroatoms. The zero-order valence-corrected chi connectivity index (χ0v) is 17.5. The highest BCUT2D eigenvalue weighted by atomic mass is 14.7. The van der Waals surface area contributed by atoms with Crippen molar-refractivity contribution < 1.29 is 0 Å². The van der Waals surface area contributed by atoms with Gasteiger partial charge in [-0.3, -0.25) is 0 Å². The Kier molecular flexibility index (Phi) is 4.29. The van der Waals surface area contributed by atoms with Crippen LogP contribution in [-0.2, 0) is 0 Å². The Morgan fingerprint density at radius 1 is 0.406 bits per heavy atom. The standard InChI is InChI=1S/C30H22N2/c31-28-19-9-18-27-25-15-7-5-13-23(25)22-12-4-6-14-24(22)26-17-8-16-21(29(26)32-30(27)28)20-10-2-1-3-11-20/h1-19,32H,31H2. The Bertz CT molecular complexity index is 1680. The highest BCUT2D eigenvalue weighted by Crippen LogP contribution is 2.35. The lowest BCUT2D eigenvalue weighted by Crippen LogP contribution is -1.89. The number of hydrogen-bond acceptors (Lipinski definition) is 1. The minimum absolute atomic E-state index is 0.733.